The van der Waals surface area contributed by atoms with Gasteiger partial charge in [0, 0.05) is 13.2 Å². The van der Waals surface area contributed by atoms with E-state index in [1.807, 2.05) is 0 Å². The molecule has 0 unspecified atom stereocenters. The highest BCUT2D eigenvalue weighted by Crippen LogP contribution is 1.96. The molecule has 0 rings (SSSR count). The molecule has 0 saturated carbocycles. The van der Waals surface area contributed by atoms with E-state index in [9.17, 15) is 0 Å². The molecule has 100 valence electrons. The van der Waals surface area contributed by atoms with Crippen LogP contribution in [0.3, 0.4) is 0 Å². The molecule has 0 saturated heterocycles. The SMILES string of the molecule is NCCCCCCO.NCCCCCCO. The Morgan fingerprint density at radius 2 is 0.812 bits per heavy atom. The lowest BCUT2D eigenvalue weighted by atomic mass is 10.2. The molecule has 0 spiro atoms. The van der Waals surface area contributed by atoms with Crippen LogP contribution in [0.4, 0.5) is 0 Å². The zero-order valence-electron chi connectivity index (χ0n) is 10.5. The normalized spacial score (nSPS) is 9.75. The highest BCUT2D eigenvalue weighted by molar-refractivity contribution is 4.41. The van der Waals surface area contributed by atoms with Crippen molar-refractivity contribution in [2.45, 2.75) is 51.4 Å². The third-order valence-electron chi connectivity index (χ3n) is 2.22. The van der Waals surface area contributed by atoms with Crippen LogP contribution in [0.5, 0.6) is 0 Å². The smallest absolute Gasteiger partial charge is 0.0431 e. The van der Waals surface area contributed by atoms with Crippen molar-refractivity contribution >= 4 is 0 Å². The Morgan fingerprint density at radius 3 is 1.06 bits per heavy atom. The summed E-state index contributed by atoms with van der Waals surface area (Å²) in [7, 11) is 0. The highest BCUT2D eigenvalue weighted by atomic mass is 16.3. The van der Waals surface area contributed by atoms with Gasteiger partial charge in [-0.1, -0.05) is 25.7 Å². The van der Waals surface area contributed by atoms with Crippen molar-refractivity contribution in [2.75, 3.05) is 26.3 Å². The lowest BCUT2D eigenvalue weighted by Crippen LogP contribution is -1.97. The standard InChI is InChI=1S/2C6H15NO/c2*7-5-3-1-2-4-6-8/h2*8H,1-7H2. The fourth-order valence-electron chi connectivity index (χ4n) is 1.22. The second-order valence-electron chi connectivity index (χ2n) is 3.85. The molecule has 0 radical (unpaired) electrons. The molecule has 4 nitrogen and oxygen atoms in total. The predicted molar refractivity (Wildman–Crippen MR) is 69.2 cm³/mol. The summed E-state index contributed by atoms with van der Waals surface area (Å²) >= 11 is 0. The Labute approximate surface area is 100 Å². The molecule has 0 amide bonds. The van der Waals surface area contributed by atoms with Crippen LogP contribution < -0.4 is 11.5 Å². The third kappa shape index (κ3) is 23.6. The van der Waals surface area contributed by atoms with Crippen molar-refractivity contribution in [3.8, 4) is 0 Å². The van der Waals surface area contributed by atoms with Gasteiger partial charge in [-0.3, -0.25) is 0 Å². The van der Waals surface area contributed by atoms with Gasteiger partial charge >= 0.3 is 0 Å². The van der Waals surface area contributed by atoms with Crippen LogP contribution in [-0.2, 0) is 0 Å². The van der Waals surface area contributed by atoms with E-state index in [2.05, 4.69) is 0 Å². The van der Waals surface area contributed by atoms with E-state index in [0.717, 1.165) is 64.5 Å². The number of hydrogen-bond donors (Lipinski definition) is 4. The highest BCUT2D eigenvalue weighted by Gasteiger charge is 1.84. The first-order chi connectivity index (χ1) is 7.83. The zero-order valence-corrected chi connectivity index (χ0v) is 10.5. The summed E-state index contributed by atoms with van der Waals surface area (Å²) in [6, 6.07) is 0. The lowest BCUT2D eigenvalue weighted by molar-refractivity contribution is 0.282. The van der Waals surface area contributed by atoms with Crippen molar-refractivity contribution in [2.24, 2.45) is 11.5 Å². The number of unbranched alkanes of at least 4 members (excludes halogenated alkanes) is 6. The molecule has 16 heavy (non-hydrogen) atoms. The van der Waals surface area contributed by atoms with Gasteiger partial charge < -0.3 is 21.7 Å². The minimum Gasteiger partial charge on any atom is -0.396 e. The van der Waals surface area contributed by atoms with Gasteiger partial charge in [-0.15, -0.1) is 0 Å². The van der Waals surface area contributed by atoms with E-state index < -0.39 is 0 Å². The van der Waals surface area contributed by atoms with Crippen LogP contribution >= 0.6 is 0 Å². The molecular weight excluding hydrogens is 204 g/mol. The van der Waals surface area contributed by atoms with Crippen molar-refractivity contribution in [3.63, 3.8) is 0 Å². The van der Waals surface area contributed by atoms with Crippen LogP contribution in [0.1, 0.15) is 51.4 Å². The van der Waals surface area contributed by atoms with Crippen molar-refractivity contribution < 1.29 is 10.2 Å². The summed E-state index contributed by atoms with van der Waals surface area (Å²) < 4.78 is 0. The molecule has 0 heterocycles. The molecule has 0 aromatic rings. The number of aliphatic hydroxyl groups excluding tert-OH is 2. The zero-order chi connectivity index (χ0) is 12.5. The molecule has 0 bridgehead atoms. The van der Waals surface area contributed by atoms with Crippen LogP contribution in [0.25, 0.3) is 0 Å². The minimum absolute atomic E-state index is 0.324. The average Bonchev–Trinajstić information content (AvgIpc) is 2.31. The second kappa shape index (κ2) is 20.3. The molecule has 0 aliphatic heterocycles. The van der Waals surface area contributed by atoms with Crippen LogP contribution in [0, 0.1) is 0 Å². The van der Waals surface area contributed by atoms with Crippen LogP contribution in [0.2, 0.25) is 0 Å². The average molecular weight is 234 g/mol. The molecule has 0 aromatic carbocycles. The molecule has 4 heteroatoms. The van der Waals surface area contributed by atoms with Crippen molar-refractivity contribution in [1.82, 2.24) is 0 Å². The van der Waals surface area contributed by atoms with E-state index in [-0.39, 0.29) is 0 Å². The van der Waals surface area contributed by atoms with Gasteiger partial charge in [-0.25, -0.2) is 0 Å². The Morgan fingerprint density at radius 1 is 0.500 bits per heavy atom. The summed E-state index contributed by atoms with van der Waals surface area (Å²) in [5.74, 6) is 0. The molecular formula is C12H30N2O2. The van der Waals surface area contributed by atoms with Gasteiger partial charge in [-0.05, 0) is 38.8 Å². The Balaban J connectivity index is 0. The van der Waals surface area contributed by atoms with Gasteiger partial charge in [-0.2, -0.15) is 0 Å². The molecule has 0 aromatic heterocycles. The molecule has 0 aliphatic rings. The van der Waals surface area contributed by atoms with E-state index in [0.29, 0.717) is 13.2 Å². The maximum atomic E-state index is 8.33. The predicted octanol–water partition coefficient (Wildman–Crippen LogP) is 0.996. The summed E-state index contributed by atoms with van der Waals surface area (Å²) in [4.78, 5) is 0. The van der Waals surface area contributed by atoms with Crippen LogP contribution in [0.15, 0.2) is 0 Å². The summed E-state index contributed by atoms with van der Waals surface area (Å²) in [6.45, 7) is 2.21. The molecule has 0 aliphatic carbocycles. The minimum atomic E-state index is 0.324. The Kier molecular flexibility index (Phi) is 23.1. The second-order valence-corrected chi connectivity index (χ2v) is 3.85. The van der Waals surface area contributed by atoms with Crippen LogP contribution in [-0.4, -0.2) is 36.5 Å². The summed E-state index contributed by atoms with van der Waals surface area (Å²) in [5, 5.41) is 16.7. The quantitative estimate of drug-likeness (QED) is 0.424. The van der Waals surface area contributed by atoms with Gasteiger partial charge in [0.15, 0.2) is 0 Å². The molecule has 0 atom stereocenters. The fraction of sp³-hybridized carbons (Fsp3) is 1.00. The first kappa shape index (κ1) is 18.2. The van der Waals surface area contributed by atoms with E-state index >= 15 is 0 Å². The maximum Gasteiger partial charge on any atom is 0.0431 e. The van der Waals surface area contributed by atoms with Gasteiger partial charge in [0.1, 0.15) is 0 Å². The third-order valence-corrected chi connectivity index (χ3v) is 2.22. The van der Waals surface area contributed by atoms with Gasteiger partial charge in [0.2, 0.25) is 0 Å². The largest absolute Gasteiger partial charge is 0.396 e. The van der Waals surface area contributed by atoms with E-state index in [1.165, 1.54) is 0 Å². The number of rotatable bonds is 10. The van der Waals surface area contributed by atoms with E-state index in [1.54, 1.807) is 0 Å². The van der Waals surface area contributed by atoms with Gasteiger partial charge in [0.25, 0.3) is 0 Å². The molecule has 0 fully saturated rings. The van der Waals surface area contributed by atoms with E-state index in [4.69, 9.17) is 21.7 Å². The first-order valence-electron chi connectivity index (χ1n) is 6.45. The first-order valence-corrected chi connectivity index (χ1v) is 6.45. The number of hydrogen-bond acceptors (Lipinski definition) is 4. The van der Waals surface area contributed by atoms with Gasteiger partial charge in [0.05, 0.1) is 0 Å². The monoisotopic (exact) mass is 234 g/mol. The Hall–Kier alpha value is -0.160. The topological polar surface area (TPSA) is 92.5 Å². The fourth-order valence-corrected chi connectivity index (χ4v) is 1.22. The van der Waals surface area contributed by atoms with Crippen molar-refractivity contribution in [1.29, 1.82) is 0 Å². The molecule has 6 N–H and O–H groups in total. The Bertz CT molecular complexity index is 79.0. The lowest BCUT2D eigenvalue weighted by Gasteiger charge is -1.93. The summed E-state index contributed by atoms with van der Waals surface area (Å²) in [6.07, 6.45) is 8.62. The van der Waals surface area contributed by atoms with Crippen molar-refractivity contribution in [3.05, 3.63) is 0 Å². The number of nitrogens with two attached hydrogens (primary N) is 2. The summed E-state index contributed by atoms with van der Waals surface area (Å²) in [5.41, 5.74) is 10.5. The number of aliphatic hydroxyl groups is 2. The maximum absolute atomic E-state index is 8.33.